The largest absolute Gasteiger partial charge is 0.545 e. The molecule has 8 nitrogen and oxygen atoms in total. The molecule has 1 heterocycles. The highest BCUT2D eigenvalue weighted by Gasteiger charge is 2.12. The standard InChI is InChI=1S/C17H14FN5O3S/c18-12-5-7-13(8-6-12)23-17(20-21-22-23)27-10-15(24)19-9-11-3-1-2-4-14(11)16(25)26/h1-8H,9-10H2,(H,19,24)(H,25,26)/p-1. The van der Waals surface area contributed by atoms with Crippen LogP contribution in [0.5, 0.6) is 0 Å². The Morgan fingerprint density at radius 1 is 1.15 bits per heavy atom. The smallest absolute Gasteiger partial charge is 0.230 e. The normalized spacial score (nSPS) is 10.6. The minimum atomic E-state index is -1.30. The highest BCUT2D eigenvalue weighted by molar-refractivity contribution is 7.99. The van der Waals surface area contributed by atoms with Gasteiger partial charge in [-0.3, -0.25) is 4.79 Å². The van der Waals surface area contributed by atoms with Gasteiger partial charge in [0.05, 0.1) is 17.4 Å². The summed E-state index contributed by atoms with van der Waals surface area (Å²) in [6.07, 6.45) is 0. The third-order valence-electron chi connectivity index (χ3n) is 3.56. The van der Waals surface area contributed by atoms with E-state index in [1.807, 2.05) is 0 Å². The van der Waals surface area contributed by atoms with E-state index < -0.39 is 5.97 Å². The molecule has 10 heteroatoms. The zero-order valence-electron chi connectivity index (χ0n) is 13.8. The van der Waals surface area contributed by atoms with Crippen LogP contribution < -0.4 is 10.4 Å². The Morgan fingerprint density at radius 3 is 2.63 bits per heavy atom. The van der Waals surface area contributed by atoms with Gasteiger partial charge in [0.1, 0.15) is 5.82 Å². The summed E-state index contributed by atoms with van der Waals surface area (Å²) in [5, 5.41) is 25.3. The molecule has 0 bridgehead atoms. The molecule has 27 heavy (non-hydrogen) atoms. The lowest BCUT2D eigenvalue weighted by Gasteiger charge is -2.11. The number of hydrogen-bond acceptors (Lipinski definition) is 7. The molecule has 2 aromatic carbocycles. The van der Waals surface area contributed by atoms with Gasteiger partial charge in [-0.2, -0.15) is 4.68 Å². The Hall–Kier alpha value is -3.27. The molecule has 1 N–H and O–H groups in total. The van der Waals surface area contributed by atoms with Crippen molar-refractivity contribution in [3.8, 4) is 5.69 Å². The molecule has 3 aromatic rings. The lowest BCUT2D eigenvalue weighted by atomic mass is 10.1. The summed E-state index contributed by atoms with van der Waals surface area (Å²) in [4.78, 5) is 23.1. The van der Waals surface area contributed by atoms with Crippen molar-refractivity contribution in [2.45, 2.75) is 11.7 Å². The Labute approximate surface area is 157 Å². The maximum atomic E-state index is 13.0. The number of carbonyl (C=O) groups excluding carboxylic acids is 2. The molecule has 138 valence electrons. The Balaban J connectivity index is 1.59. The average Bonchev–Trinajstić information content (AvgIpc) is 3.14. The maximum Gasteiger partial charge on any atom is 0.230 e. The Kier molecular flexibility index (Phi) is 5.77. The molecule has 0 fully saturated rings. The first-order valence-corrected chi connectivity index (χ1v) is 8.76. The number of benzene rings is 2. The number of rotatable bonds is 7. The third kappa shape index (κ3) is 4.67. The van der Waals surface area contributed by atoms with E-state index in [2.05, 4.69) is 20.8 Å². The summed E-state index contributed by atoms with van der Waals surface area (Å²) >= 11 is 1.10. The van der Waals surface area contributed by atoms with Crippen LogP contribution in [0.4, 0.5) is 4.39 Å². The molecule has 0 aliphatic rings. The van der Waals surface area contributed by atoms with Gasteiger partial charge in [-0.15, -0.1) is 5.10 Å². The first-order valence-electron chi connectivity index (χ1n) is 7.77. The fraction of sp³-hybridized carbons (Fsp3) is 0.118. The number of halogens is 1. The summed E-state index contributed by atoms with van der Waals surface area (Å²) in [6.45, 7) is 0.0620. The highest BCUT2D eigenvalue weighted by Crippen LogP contribution is 2.18. The monoisotopic (exact) mass is 386 g/mol. The second-order valence-electron chi connectivity index (χ2n) is 5.36. The quantitative estimate of drug-likeness (QED) is 0.591. The molecule has 0 unspecified atom stereocenters. The van der Waals surface area contributed by atoms with Crippen molar-refractivity contribution in [1.29, 1.82) is 0 Å². The van der Waals surface area contributed by atoms with Crippen molar-refractivity contribution in [2.24, 2.45) is 0 Å². The number of nitrogens with zero attached hydrogens (tertiary/aromatic N) is 4. The first kappa shape index (κ1) is 18.5. The maximum absolute atomic E-state index is 13.0. The van der Waals surface area contributed by atoms with E-state index in [1.165, 1.54) is 35.0 Å². The van der Waals surface area contributed by atoms with Crippen molar-refractivity contribution in [1.82, 2.24) is 25.5 Å². The number of aromatic nitrogens is 4. The first-order chi connectivity index (χ1) is 13.0. The van der Waals surface area contributed by atoms with Crippen LogP contribution in [0.3, 0.4) is 0 Å². The van der Waals surface area contributed by atoms with Gasteiger partial charge in [-0.05, 0) is 40.3 Å². The van der Waals surface area contributed by atoms with Crippen molar-refractivity contribution in [2.75, 3.05) is 5.75 Å². The van der Waals surface area contributed by atoms with Crippen molar-refractivity contribution in [3.05, 3.63) is 65.5 Å². The fourth-order valence-corrected chi connectivity index (χ4v) is 2.98. The van der Waals surface area contributed by atoms with Crippen molar-refractivity contribution in [3.63, 3.8) is 0 Å². The SMILES string of the molecule is O=C(CSc1nnnn1-c1ccc(F)cc1)NCc1ccccc1C(=O)[O-]. The zero-order valence-corrected chi connectivity index (χ0v) is 14.6. The topological polar surface area (TPSA) is 113 Å². The third-order valence-corrected chi connectivity index (χ3v) is 4.48. The molecule has 1 aromatic heterocycles. The number of hydrogen-bond donors (Lipinski definition) is 1. The van der Waals surface area contributed by atoms with Crippen LogP contribution in [0.25, 0.3) is 5.69 Å². The number of nitrogens with one attached hydrogen (secondary N) is 1. The van der Waals surface area contributed by atoms with Crippen molar-refractivity contribution < 1.29 is 19.1 Å². The number of tetrazole rings is 1. The number of carbonyl (C=O) groups is 2. The van der Waals surface area contributed by atoms with E-state index in [4.69, 9.17) is 0 Å². The predicted octanol–water partition coefficient (Wildman–Crippen LogP) is 0.573. The van der Waals surface area contributed by atoms with Crippen LogP contribution in [0.2, 0.25) is 0 Å². The van der Waals surface area contributed by atoms with E-state index in [0.29, 0.717) is 16.4 Å². The number of thioether (sulfide) groups is 1. The van der Waals surface area contributed by atoms with Crippen LogP contribution in [-0.2, 0) is 11.3 Å². The highest BCUT2D eigenvalue weighted by atomic mass is 32.2. The lowest BCUT2D eigenvalue weighted by Crippen LogP contribution is -2.28. The van der Waals surface area contributed by atoms with E-state index in [-0.39, 0.29) is 29.6 Å². The van der Waals surface area contributed by atoms with Gasteiger partial charge in [-0.1, -0.05) is 36.0 Å². The minimum absolute atomic E-state index is 0.0229. The molecule has 0 saturated carbocycles. The molecule has 0 aliphatic heterocycles. The number of carboxylic acids is 1. The molecular formula is C17H13FN5O3S-. The van der Waals surface area contributed by atoms with E-state index in [0.717, 1.165) is 11.8 Å². The summed E-state index contributed by atoms with van der Waals surface area (Å²) in [5.74, 6) is -1.97. The van der Waals surface area contributed by atoms with Crippen LogP contribution in [0.1, 0.15) is 15.9 Å². The van der Waals surface area contributed by atoms with E-state index in [9.17, 15) is 19.1 Å². The van der Waals surface area contributed by atoms with Crippen LogP contribution >= 0.6 is 11.8 Å². The summed E-state index contributed by atoms with van der Waals surface area (Å²) in [6, 6.07) is 11.9. The van der Waals surface area contributed by atoms with E-state index >= 15 is 0 Å². The van der Waals surface area contributed by atoms with Crippen LogP contribution in [0, 0.1) is 5.82 Å². The molecule has 3 rings (SSSR count). The predicted molar refractivity (Wildman–Crippen MR) is 92.5 cm³/mol. The summed E-state index contributed by atoms with van der Waals surface area (Å²) in [7, 11) is 0. The van der Waals surface area contributed by atoms with Crippen molar-refractivity contribution >= 4 is 23.6 Å². The van der Waals surface area contributed by atoms with Gasteiger partial charge in [0.15, 0.2) is 0 Å². The molecular weight excluding hydrogens is 373 g/mol. The molecule has 0 saturated heterocycles. The summed E-state index contributed by atoms with van der Waals surface area (Å²) in [5.41, 5.74) is 1.05. The average molecular weight is 386 g/mol. The lowest BCUT2D eigenvalue weighted by molar-refractivity contribution is -0.255. The second-order valence-corrected chi connectivity index (χ2v) is 6.30. The van der Waals surface area contributed by atoms with Gasteiger partial charge < -0.3 is 15.2 Å². The molecule has 1 amide bonds. The second kappa shape index (κ2) is 8.41. The Bertz CT molecular complexity index is 961. The van der Waals surface area contributed by atoms with E-state index in [1.54, 1.807) is 18.2 Å². The van der Waals surface area contributed by atoms with Gasteiger partial charge in [0, 0.05) is 12.1 Å². The number of amides is 1. The number of aromatic carboxylic acids is 1. The van der Waals surface area contributed by atoms with Crippen LogP contribution in [0.15, 0.2) is 53.7 Å². The molecule has 0 spiro atoms. The minimum Gasteiger partial charge on any atom is -0.545 e. The zero-order chi connectivity index (χ0) is 19.2. The Morgan fingerprint density at radius 2 is 1.89 bits per heavy atom. The van der Waals surface area contributed by atoms with Gasteiger partial charge in [0.25, 0.3) is 0 Å². The molecule has 0 atom stereocenters. The summed E-state index contributed by atoms with van der Waals surface area (Å²) < 4.78 is 14.4. The molecule has 0 aliphatic carbocycles. The van der Waals surface area contributed by atoms with Gasteiger partial charge in [-0.25, -0.2) is 4.39 Å². The van der Waals surface area contributed by atoms with Gasteiger partial charge in [0.2, 0.25) is 11.1 Å². The van der Waals surface area contributed by atoms with Gasteiger partial charge >= 0.3 is 0 Å². The number of carboxylic acid groups (broad SMARTS) is 1. The fourth-order valence-electron chi connectivity index (χ4n) is 2.26. The van der Waals surface area contributed by atoms with Crippen LogP contribution in [-0.4, -0.2) is 37.8 Å². The molecule has 0 radical (unpaired) electrons.